The van der Waals surface area contributed by atoms with E-state index in [-0.39, 0.29) is 5.92 Å². The molecule has 0 N–H and O–H groups in total. The van der Waals surface area contributed by atoms with E-state index in [1.165, 1.54) is 0 Å². The van der Waals surface area contributed by atoms with Gasteiger partial charge in [-0.05, 0) is 18.1 Å². The zero-order chi connectivity index (χ0) is 14.1. The molecular weight excluding hydrogens is 278 g/mol. The van der Waals surface area contributed by atoms with Gasteiger partial charge in [0.25, 0.3) is 0 Å². The fourth-order valence-corrected chi connectivity index (χ4v) is 2.54. The van der Waals surface area contributed by atoms with Crippen molar-refractivity contribution in [2.24, 2.45) is 0 Å². The molecule has 0 atom stereocenters. The molecule has 0 unspecified atom stereocenters. The van der Waals surface area contributed by atoms with Gasteiger partial charge in [0.15, 0.2) is 11.5 Å². The highest BCUT2D eigenvalue weighted by Crippen LogP contribution is 2.33. The molecule has 20 heavy (non-hydrogen) atoms. The molecule has 1 aliphatic rings. The molecule has 1 aliphatic heterocycles. The molecule has 0 saturated heterocycles. The van der Waals surface area contributed by atoms with E-state index in [9.17, 15) is 0 Å². The van der Waals surface area contributed by atoms with E-state index in [1.54, 1.807) is 0 Å². The molecule has 2 aromatic rings. The fourth-order valence-electron chi connectivity index (χ4n) is 2.35. The van der Waals surface area contributed by atoms with Gasteiger partial charge in [0.05, 0.1) is 17.3 Å². The quantitative estimate of drug-likeness (QED) is 0.817. The predicted molar refractivity (Wildman–Crippen MR) is 76.0 cm³/mol. The first kappa shape index (κ1) is 13.2. The van der Waals surface area contributed by atoms with Crippen LogP contribution >= 0.6 is 11.6 Å². The average Bonchev–Trinajstić information content (AvgIpc) is 2.91. The van der Waals surface area contributed by atoms with Gasteiger partial charge in [-0.15, -0.1) is 16.7 Å². The number of benzene rings is 1. The third-order valence-corrected chi connectivity index (χ3v) is 3.48. The summed E-state index contributed by atoms with van der Waals surface area (Å²) in [5.74, 6) is 2.15. The predicted octanol–water partition coefficient (Wildman–Crippen LogP) is 2.90. The number of halogens is 1. The van der Waals surface area contributed by atoms with Crippen molar-refractivity contribution in [3.63, 3.8) is 0 Å². The van der Waals surface area contributed by atoms with Crippen molar-refractivity contribution in [2.45, 2.75) is 25.6 Å². The molecule has 5 nitrogen and oxygen atoms in total. The van der Waals surface area contributed by atoms with Gasteiger partial charge < -0.3 is 9.47 Å². The number of nitrogens with zero attached hydrogens (tertiary/aromatic N) is 3. The zero-order valence-electron chi connectivity index (χ0n) is 11.5. The number of ether oxygens (including phenoxy) is 2. The van der Waals surface area contributed by atoms with Gasteiger partial charge in [-0.1, -0.05) is 19.1 Å². The Kier molecular flexibility index (Phi) is 3.53. The molecule has 0 aliphatic carbocycles. The monoisotopic (exact) mass is 293 g/mol. The van der Waals surface area contributed by atoms with Crippen LogP contribution in [0, 0.1) is 0 Å². The number of rotatable bonds is 3. The normalized spacial score (nSPS) is 13.8. The summed E-state index contributed by atoms with van der Waals surface area (Å²) in [6, 6.07) is 5.77. The Morgan fingerprint density at radius 3 is 2.70 bits per heavy atom. The molecule has 0 spiro atoms. The highest BCUT2D eigenvalue weighted by atomic mass is 35.5. The summed E-state index contributed by atoms with van der Waals surface area (Å²) in [5, 5.41) is 8.37. The van der Waals surface area contributed by atoms with Gasteiger partial charge in [0, 0.05) is 6.07 Å². The van der Waals surface area contributed by atoms with E-state index in [4.69, 9.17) is 21.1 Å². The van der Waals surface area contributed by atoms with Crippen LogP contribution in [0.4, 0.5) is 0 Å². The molecule has 106 valence electrons. The van der Waals surface area contributed by atoms with Crippen LogP contribution in [-0.2, 0) is 5.88 Å². The molecule has 0 fully saturated rings. The second kappa shape index (κ2) is 5.32. The van der Waals surface area contributed by atoms with Crippen LogP contribution in [0.25, 0.3) is 5.69 Å². The van der Waals surface area contributed by atoms with Gasteiger partial charge in [-0.3, -0.25) is 0 Å². The van der Waals surface area contributed by atoms with Gasteiger partial charge in [-0.25, -0.2) is 4.68 Å². The minimum atomic E-state index is 0.284. The lowest BCUT2D eigenvalue weighted by Gasteiger charge is -2.19. The van der Waals surface area contributed by atoms with Crippen LogP contribution in [0.5, 0.6) is 11.5 Å². The van der Waals surface area contributed by atoms with Crippen molar-refractivity contribution in [1.29, 1.82) is 0 Å². The topological polar surface area (TPSA) is 49.2 Å². The van der Waals surface area contributed by atoms with Crippen LogP contribution in [0.3, 0.4) is 0 Å². The Morgan fingerprint density at radius 2 is 2.00 bits per heavy atom. The summed E-state index contributed by atoms with van der Waals surface area (Å²) < 4.78 is 13.0. The summed E-state index contributed by atoms with van der Waals surface area (Å²) in [4.78, 5) is 0. The van der Waals surface area contributed by atoms with Crippen LogP contribution in [0.1, 0.15) is 31.2 Å². The van der Waals surface area contributed by atoms with E-state index in [0.29, 0.717) is 19.1 Å². The summed E-state index contributed by atoms with van der Waals surface area (Å²) in [6.07, 6.45) is 0. The minimum absolute atomic E-state index is 0.284. The minimum Gasteiger partial charge on any atom is -0.486 e. The lowest BCUT2D eigenvalue weighted by atomic mass is 10.1. The molecule has 0 saturated carbocycles. The molecule has 2 heterocycles. The molecule has 0 amide bonds. The summed E-state index contributed by atoms with van der Waals surface area (Å²) in [7, 11) is 0. The smallest absolute Gasteiger partial charge is 0.163 e. The van der Waals surface area contributed by atoms with Crippen molar-refractivity contribution < 1.29 is 9.47 Å². The van der Waals surface area contributed by atoms with Crippen molar-refractivity contribution in [2.75, 3.05) is 13.2 Å². The lowest BCUT2D eigenvalue weighted by Crippen LogP contribution is -2.15. The average molecular weight is 294 g/mol. The van der Waals surface area contributed by atoms with Gasteiger partial charge >= 0.3 is 0 Å². The van der Waals surface area contributed by atoms with Crippen molar-refractivity contribution >= 4 is 11.6 Å². The van der Waals surface area contributed by atoms with E-state index < -0.39 is 0 Å². The molecule has 3 rings (SSSR count). The van der Waals surface area contributed by atoms with Crippen molar-refractivity contribution in [3.05, 3.63) is 29.6 Å². The number of alkyl halides is 1. The molecule has 0 bridgehead atoms. The third-order valence-electron chi connectivity index (χ3n) is 3.22. The third kappa shape index (κ3) is 2.22. The first-order valence-corrected chi connectivity index (χ1v) is 7.14. The fraction of sp³-hybridized carbons (Fsp3) is 0.429. The maximum atomic E-state index is 5.93. The lowest BCUT2D eigenvalue weighted by molar-refractivity contribution is 0.171. The van der Waals surface area contributed by atoms with Crippen molar-refractivity contribution in [1.82, 2.24) is 15.0 Å². The van der Waals surface area contributed by atoms with Crippen LogP contribution in [0.2, 0.25) is 0 Å². The molecule has 1 aromatic heterocycles. The second-order valence-electron chi connectivity index (χ2n) is 4.95. The van der Waals surface area contributed by atoms with Gasteiger partial charge in [-0.2, -0.15) is 0 Å². The Balaban J connectivity index is 2.07. The maximum absolute atomic E-state index is 5.93. The maximum Gasteiger partial charge on any atom is 0.163 e. The van der Waals surface area contributed by atoms with Crippen LogP contribution < -0.4 is 9.47 Å². The van der Waals surface area contributed by atoms with Crippen molar-refractivity contribution in [3.8, 4) is 17.2 Å². The Hall–Kier alpha value is -1.75. The number of hydrogen-bond donors (Lipinski definition) is 0. The Bertz CT molecular complexity index is 625. The van der Waals surface area contributed by atoms with E-state index >= 15 is 0 Å². The van der Waals surface area contributed by atoms with E-state index in [1.807, 2.05) is 22.9 Å². The van der Waals surface area contributed by atoms with Gasteiger partial charge in [0.2, 0.25) is 0 Å². The number of hydrogen-bond acceptors (Lipinski definition) is 4. The number of aromatic nitrogens is 3. The molecule has 6 heteroatoms. The molecule has 0 radical (unpaired) electrons. The zero-order valence-corrected chi connectivity index (χ0v) is 12.2. The second-order valence-corrected chi connectivity index (χ2v) is 5.22. The first-order chi connectivity index (χ1) is 9.70. The molecule has 1 aromatic carbocycles. The highest BCUT2D eigenvalue weighted by Gasteiger charge is 2.19. The standard InChI is InChI=1S/C14H16ClN3O2/c1-9(2)14-11(8-15)16-17-18(14)10-3-4-12-13(7-10)20-6-5-19-12/h3-4,7,9H,5-6,8H2,1-2H3. The Labute approximate surface area is 122 Å². The van der Waals surface area contributed by atoms with Crippen LogP contribution in [0.15, 0.2) is 18.2 Å². The Morgan fingerprint density at radius 1 is 1.25 bits per heavy atom. The first-order valence-electron chi connectivity index (χ1n) is 6.61. The van der Waals surface area contributed by atoms with E-state index in [2.05, 4.69) is 24.2 Å². The molecular formula is C14H16ClN3O2. The van der Waals surface area contributed by atoms with E-state index in [0.717, 1.165) is 28.6 Å². The largest absolute Gasteiger partial charge is 0.486 e. The van der Waals surface area contributed by atoms with Crippen LogP contribution in [-0.4, -0.2) is 28.2 Å². The summed E-state index contributed by atoms with van der Waals surface area (Å²) >= 11 is 5.93. The summed E-state index contributed by atoms with van der Waals surface area (Å²) in [6.45, 7) is 5.35. The summed E-state index contributed by atoms with van der Waals surface area (Å²) in [5.41, 5.74) is 2.75. The highest BCUT2D eigenvalue weighted by molar-refractivity contribution is 6.16. The van der Waals surface area contributed by atoms with Gasteiger partial charge in [0.1, 0.15) is 18.9 Å². The SMILES string of the molecule is CC(C)c1c(CCl)nnn1-c1ccc2c(c1)OCCO2. The number of fused-ring (bicyclic) bond motifs is 1.